The van der Waals surface area contributed by atoms with E-state index in [1.54, 1.807) is 0 Å². The van der Waals surface area contributed by atoms with E-state index in [1.807, 2.05) is 27.0 Å². The summed E-state index contributed by atoms with van der Waals surface area (Å²) in [4.78, 5) is 12.3. The number of rotatable bonds is 2. The van der Waals surface area contributed by atoms with Crippen LogP contribution >= 0.6 is 0 Å². The molecule has 1 fully saturated rings. The van der Waals surface area contributed by atoms with E-state index in [9.17, 15) is 4.79 Å². The minimum atomic E-state index is 0.0363. The standard InChI is InChI=1S/C13H20N2O/c1-9-8-11(10(2)15(9)3)13(16)12-6-4-5-7-14-12/h8,12,14H,4-7H2,1-3H3. The molecule has 0 saturated carbocycles. The number of hydrogen-bond acceptors (Lipinski definition) is 2. The Balaban J connectivity index is 2.22. The normalized spacial score (nSPS) is 21.1. The van der Waals surface area contributed by atoms with Crippen LogP contribution < -0.4 is 5.32 Å². The van der Waals surface area contributed by atoms with Crippen LogP contribution in [0.2, 0.25) is 0 Å². The van der Waals surface area contributed by atoms with E-state index in [2.05, 4.69) is 9.88 Å². The van der Waals surface area contributed by atoms with Crippen molar-refractivity contribution in [2.75, 3.05) is 6.54 Å². The van der Waals surface area contributed by atoms with Crippen LogP contribution in [0.25, 0.3) is 0 Å². The summed E-state index contributed by atoms with van der Waals surface area (Å²) >= 11 is 0. The monoisotopic (exact) mass is 220 g/mol. The molecule has 3 heteroatoms. The Morgan fingerprint density at radius 3 is 2.69 bits per heavy atom. The molecule has 1 aliphatic heterocycles. The Kier molecular flexibility index (Phi) is 3.15. The molecule has 0 amide bonds. The summed E-state index contributed by atoms with van der Waals surface area (Å²) in [6.07, 6.45) is 3.33. The van der Waals surface area contributed by atoms with Gasteiger partial charge in [0.05, 0.1) is 6.04 Å². The summed E-state index contributed by atoms with van der Waals surface area (Å²) in [6.45, 7) is 5.03. The molecule has 1 atom stereocenters. The zero-order chi connectivity index (χ0) is 11.7. The van der Waals surface area contributed by atoms with Crippen molar-refractivity contribution in [3.05, 3.63) is 23.0 Å². The van der Waals surface area contributed by atoms with Crippen molar-refractivity contribution in [2.24, 2.45) is 7.05 Å². The minimum absolute atomic E-state index is 0.0363. The van der Waals surface area contributed by atoms with Gasteiger partial charge in [-0.15, -0.1) is 0 Å². The summed E-state index contributed by atoms with van der Waals surface area (Å²) in [5.74, 6) is 0.265. The van der Waals surface area contributed by atoms with E-state index >= 15 is 0 Å². The van der Waals surface area contributed by atoms with Gasteiger partial charge in [0.25, 0.3) is 0 Å². The Morgan fingerprint density at radius 1 is 1.44 bits per heavy atom. The van der Waals surface area contributed by atoms with Crippen molar-refractivity contribution in [3.8, 4) is 0 Å². The van der Waals surface area contributed by atoms with Crippen molar-refractivity contribution < 1.29 is 4.79 Å². The number of ketones is 1. The molecule has 1 N–H and O–H groups in total. The zero-order valence-corrected chi connectivity index (χ0v) is 10.3. The second-order valence-corrected chi connectivity index (χ2v) is 4.71. The third-order valence-corrected chi connectivity index (χ3v) is 3.67. The van der Waals surface area contributed by atoms with Crippen molar-refractivity contribution in [3.63, 3.8) is 0 Å². The molecule has 3 nitrogen and oxygen atoms in total. The molecule has 0 aliphatic carbocycles. The third-order valence-electron chi connectivity index (χ3n) is 3.67. The van der Waals surface area contributed by atoms with Gasteiger partial charge in [0, 0.05) is 24.0 Å². The van der Waals surface area contributed by atoms with E-state index in [1.165, 1.54) is 6.42 Å². The average Bonchev–Trinajstić information content (AvgIpc) is 2.57. The van der Waals surface area contributed by atoms with E-state index in [0.29, 0.717) is 0 Å². The van der Waals surface area contributed by atoms with Crippen molar-refractivity contribution in [2.45, 2.75) is 39.2 Å². The Bertz CT molecular complexity index is 400. The number of nitrogens with one attached hydrogen (secondary N) is 1. The first-order valence-electron chi connectivity index (χ1n) is 6.02. The van der Waals surface area contributed by atoms with Crippen LogP contribution in [0, 0.1) is 13.8 Å². The summed E-state index contributed by atoms with van der Waals surface area (Å²) in [5.41, 5.74) is 3.12. The highest BCUT2D eigenvalue weighted by atomic mass is 16.1. The molecule has 88 valence electrons. The molecule has 1 aromatic heterocycles. The van der Waals surface area contributed by atoms with Gasteiger partial charge in [0.15, 0.2) is 5.78 Å². The lowest BCUT2D eigenvalue weighted by atomic mass is 9.96. The quantitative estimate of drug-likeness (QED) is 0.773. The molecule has 2 heterocycles. The van der Waals surface area contributed by atoms with Gasteiger partial charge in [-0.05, 0) is 39.3 Å². The minimum Gasteiger partial charge on any atom is -0.351 e. The lowest BCUT2D eigenvalue weighted by molar-refractivity contribution is 0.0926. The van der Waals surface area contributed by atoms with Gasteiger partial charge in [-0.3, -0.25) is 4.79 Å². The van der Waals surface area contributed by atoms with Gasteiger partial charge in [-0.2, -0.15) is 0 Å². The van der Waals surface area contributed by atoms with E-state index in [4.69, 9.17) is 0 Å². The van der Waals surface area contributed by atoms with Crippen LogP contribution in [0.4, 0.5) is 0 Å². The number of carbonyl (C=O) groups is 1. The molecule has 0 aromatic carbocycles. The highest BCUT2D eigenvalue weighted by molar-refractivity contribution is 6.01. The second kappa shape index (κ2) is 4.42. The molecule has 0 spiro atoms. The Labute approximate surface area is 96.8 Å². The first-order chi connectivity index (χ1) is 7.61. The first-order valence-corrected chi connectivity index (χ1v) is 6.02. The summed E-state index contributed by atoms with van der Waals surface area (Å²) in [7, 11) is 2.01. The molecular formula is C13H20N2O. The maximum Gasteiger partial charge on any atom is 0.181 e. The van der Waals surface area contributed by atoms with Gasteiger partial charge >= 0.3 is 0 Å². The van der Waals surface area contributed by atoms with Gasteiger partial charge in [0.2, 0.25) is 0 Å². The fourth-order valence-corrected chi connectivity index (χ4v) is 2.37. The second-order valence-electron chi connectivity index (χ2n) is 4.71. The van der Waals surface area contributed by atoms with Gasteiger partial charge in [-0.1, -0.05) is 6.42 Å². The summed E-state index contributed by atoms with van der Waals surface area (Å²) in [6, 6.07) is 2.04. The lowest BCUT2D eigenvalue weighted by Gasteiger charge is -2.22. The average molecular weight is 220 g/mol. The Hall–Kier alpha value is -1.09. The molecule has 1 aromatic rings. The third kappa shape index (κ3) is 1.92. The van der Waals surface area contributed by atoms with E-state index in [0.717, 1.165) is 36.3 Å². The van der Waals surface area contributed by atoms with Crippen molar-refractivity contribution >= 4 is 5.78 Å². The largest absolute Gasteiger partial charge is 0.351 e. The van der Waals surface area contributed by atoms with Crippen LogP contribution in [0.5, 0.6) is 0 Å². The number of hydrogen-bond donors (Lipinski definition) is 1. The molecule has 1 saturated heterocycles. The van der Waals surface area contributed by atoms with Crippen molar-refractivity contribution in [1.29, 1.82) is 0 Å². The zero-order valence-electron chi connectivity index (χ0n) is 10.3. The van der Waals surface area contributed by atoms with Crippen LogP contribution in [0.1, 0.15) is 41.0 Å². The smallest absolute Gasteiger partial charge is 0.181 e. The predicted octanol–water partition coefficient (Wildman–Crippen LogP) is 1.97. The number of piperidine rings is 1. The molecule has 1 aliphatic rings. The van der Waals surface area contributed by atoms with E-state index < -0.39 is 0 Å². The molecular weight excluding hydrogens is 200 g/mol. The molecule has 16 heavy (non-hydrogen) atoms. The lowest BCUT2D eigenvalue weighted by Crippen LogP contribution is -2.40. The summed E-state index contributed by atoms with van der Waals surface area (Å²) in [5, 5.41) is 3.31. The van der Waals surface area contributed by atoms with Gasteiger partial charge in [0.1, 0.15) is 0 Å². The number of aromatic nitrogens is 1. The number of aryl methyl sites for hydroxylation is 1. The number of Topliss-reactive ketones (excluding diaryl/α,β-unsaturated/α-hetero) is 1. The fraction of sp³-hybridized carbons (Fsp3) is 0.615. The maximum absolute atomic E-state index is 12.3. The highest BCUT2D eigenvalue weighted by Gasteiger charge is 2.24. The maximum atomic E-state index is 12.3. The van der Waals surface area contributed by atoms with Gasteiger partial charge in [-0.25, -0.2) is 0 Å². The van der Waals surface area contributed by atoms with Crippen LogP contribution in [-0.2, 0) is 7.05 Å². The fourth-order valence-electron chi connectivity index (χ4n) is 2.37. The Morgan fingerprint density at radius 2 is 2.19 bits per heavy atom. The van der Waals surface area contributed by atoms with Crippen LogP contribution in [-0.4, -0.2) is 22.9 Å². The van der Waals surface area contributed by atoms with Crippen LogP contribution in [0.15, 0.2) is 6.07 Å². The molecule has 0 radical (unpaired) electrons. The SMILES string of the molecule is Cc1cc(C(=O)C2CCCCN2)c(C)n1C. The molecule has 2 rings (SSSR count). The topological polar surface area (TPSA) is 34.0 Å². The number of carbonyl (C=O) groups excluding carboxylic acids is 1. The number of nitrogens with zero attached hydrogens (tertiary/aromatic N) is 1. The van der Waals surface area contributed by atoms with Gasteiger partial charge < -0.3 is 9.88 Å². The first kappa shape index (κ1) is 11.4. The van der Waals surface area contributed by atoms with E-state index in [-0.39, 0.29) is 11.8 Å². The molecule has 0 bridgehead atoms. The molecule has 1 unspecified atom stereocenters. The van der Waals surface area contributed by atoms with Crippen molar-refractivity contribution in [1.82, 2.24) is 9.88 Å². The summed E-state index contributed by atoms with van der Waals surface area (Å²) < 4.78 is 2.08. The predicted molar refractivity (Wildman–Crippen MR) is 64.9 cm³/mol. The highest BCUT2D eigenvalue weighted by Crippen LogP contribution is 2.18. The van der Waals surface area contributed by atoms with Crippen LogP contribution in [0.3, 0.4) is 0 Å².